The molecule has 2 atom stereocenters. The molecule has 90 valence electrons. The molecule has 0 aromatic carbocycles. The zero-order valence-corrected chi connectivity index (χ0v) is 10.3. The summed E-state index contributed by atoms with van der Waals surface area (Å²) in [5.74, 6) is -0.0852. The molecule has 0 fully saturated rings. The average molecular weight is 217 g/mol. The van der Waals surface area contributed by atoms with E-state index >= 15 is 0 Å². The Labute approximate surface area is 92.0 Å². The van der Waals surface area contributed by atoms with E-state index in [-0.39, 0.29) is 18.4 Å². The third-order valence-electron chi connectivity index (χ3n) is 2.65. The maximum absolute atomic E-state index is 11.5. The smallest absolute Gasteiger partial charge is 0.248 e. The van der Waals surface area contributed by atoms with Gasteiger partial charge in [0, 0.05) is 13.2 Å². The molecular formula is C11H23NO3. The van der Waals surface area contributed by atoms with Crippen LogP contribution >= 0.6 is 0 Å². The lowest BCUT2D eigenvalue weighted by molar-refractivity contribution is -0.132. The Bertz CT molecular complexity index is 202. The Morgan fingerprint density at radius 3 is 2.40 bits per heavy atom. The van der Waals surface area contributed by atoms with Crippen LogP contribution in [0.1, 0.15) is 34.6 Å². The van der Waals surface area contributed by atoms with Gasteiger partial charge in [-0.05, 0) is 26.7 Å². The Hall–Kier alpha value is -0.610. The Balaban J connectivity index is 4.00. The van der Waals surface area contributed by atoms with Crippen molar-refractivity contribution in [1.82, 2.24) is 5.32 Å². The fourth-order valence-corrected chi connectivity index (χ4v) is 0.940. The second-order valence-corrected chi connectivity index (χ2v) is 4.33. The maximum atomic E-state index is 11.5. The van der Waals surface area contributed by atoms with Crippen molar-refractivity contribution in [3.8, 4) is 0 Å². The SMILES string of the molecule is CCOC(C)C(=O)NCC(C)(O)C(C)C. The van der Waals surface area contributed by atoms with Crippen molar-refractivity contribution in [1.29, 1.82) is 0 Å². The van der Waals surface area contributed by atoms with E-state index in [1.54, 1.807) is 13.8 Å². The van der Waals surface area contributed by atoms with E-state index in [1.807, 2.05) is 20.8 Å². The van der Waals surface area contributed by atoms with E-state index in [2.05, 4.69) is 5.32 Å². The fourth-order valence-electron chi connectivity index (χ4n) is 0.940. The van der Waals surface area contributed by atoms with E-state index < -0.39 is 11.7 Å². The maximum Gasteiger partial charge on any atom is 0.248 e. The summed E-state index contributed by atoms with van der Waals surface area (Å²) in [6.45, 7) is 9.84. The van der Waals surface area contributed by atoms with E-state index in [0.29, 0.717) is 6.61 Å². The molecule has 2 unspecified atom stereocenters. The molecule has 4 heteroatoms. The van der Waals surface area contributed by atoms with Gasteiger partial charge in [0.1, 0.15) is 6.10 Å². The van der Waals surface area contributed by atoms with Gasteiger partial charge in [-0.2, -0.15) is 0 Å². The number of amides is 1. The molecule has 0 aliphatic carbocycles. The summed E-state index contributed by atoms with van der Waals surface area (Å²) in [4.78, 5) is 11.5. The van der Waals surface area contributed by atoms with Gasteiger partial charge in [-0.25, -0.2) is 0 Å². The van der Waals surface area contributed by atoms with Gasteiger partial charge in [-0.15, -0.1) is 0 Å². The highest BCUT2D eigenvalue weighted by atomic mass is 16.5. The molecular weight excluding hydrogens is 194 g/mol. The molecule has 0 aliphatic heterocycles. The Morgan fingerprint density at radius 2 is 2.00 bits per heavy atom. The van der Waals surface area contributed by atoms with Crippen LogP contribution in [0.2, 0.25) is 0 Å². The number of hydrogen-bond acceptors (Lipinski definition) is 3. The van der Waals surface area contributed by atoms with E-state index in [9.17, 15) is 9.90 Å². The number of aliphatic hydroxyl groups is 1. The quantitative estimate of drug-likeness (QED) is 0.696. The van der Waals surface area contributed by atoms with E-state index in [1.165, 1.54) is 0 Å². The zero-order chi connectivity index (χ0) is 12.1. The molecule has 0 aliphatic rings. The van der Waals surface area contributed by atoms with Gasteiger partial charge in [-0.3, -0.25) is 4.79 Å². The summed E-state index contributed by atoms with van der Waals surface area (Å²) < 4.78 is 5.14. The lowest BCUT2D eigenvalue weighted by Crippen LogP contribution is -2.47. The summed E-state index contributed by atoms with van der Waals surface area (Å²) >= 11 is 0. The van der Waals surface area contributed by atoms with Crippen LogP contribution in [-0.4, -0.2) is 35.9 Å². The van der Waals surface area contributed by atoms with Crippen LogP contribution in [-0.2, 0) is 9.53 Å². The van der Waals surface area contributed by atoms with Crippen LogP contribution < -0.4 is 5.32 Å². The third kappa shape index (κ3) is 5.14. The molecule has 4 nitrogen and oxygen atoms in total. The fraction of sp³-hybridized carbons (Fsp3) is 0.909. The van der Waals surface area contributed by atoms with Crippen molar-refractivity contribution >= 4 is 5.91 Å². The number of carbonyl (C=O) groups is 1. The van der Waals surface area contributed by atoms with Crippen molar-refractivity contribution in [2.75, 3.05) is 13.2 Å². The van der Waals surface area contributed by atoms with Gasteiger partial charge in [0.05, 0.1) is 5.60 Å². The Morgan fingerprint density at radius 1 is 1.47 bits per heavy atom. The van der Waals surface area contributed by atoms with Gasteiger partial charge in [0.2, 0.25) is 5.91 Å². The lowest BCUT2D eigenvalue weighted by atomic mass is 9.92. The van der Waals surface area contributed by atoms with Crippen molar-refractivity contribution < 1.29 is 14.6 Å². The first-order valence-corrected chi connectivity index (χ1v) is 5.43. The predicted molar refractivity (Wildman–Crippen MR) is 59.6 cm³/mol. The molecule has 0 aromatic heterocycles. The predicted octanol–water partition coefficient (Wildman–Crippen LogP) is 0.935. The minimum atomic E-state index is -0.873. The van der Waals surface area contributed by atoms with Crippen LogP contribution in [0.4, 0.5) is 0 Å². The van der Waals surface area contributed by atoms with Gasteiger partial charge in [-0.1, -0.05) is 13.8 Å². The molecule has 1 amide bonds. The van der Waals surface area contributed by atoms with Crippen molar-refractivity contribution in [2.24, 2.45) is 5.92 Å². The first kappa shape index (κ1) is 14.4. The molecule has 0 saturated heterocycles. The molecule has 15 heavy (non-hydrogen) atoms. The first-order valence-electron chi connectivity index (χ1n) is 5.43. The summed E-state index contributed by atoms with van der Waals surface area (Å²) in [5.41, 5.74) is -0.873. The number of carbonyl (C=O) groups excluding carboxylic acids is 1. The molecule has 0 aromatic rings. The highest BCUT2D eigenvalue weighted by Gasteiger charge is 2.26. The topological polar surface area (TPSA) is 58.6 Å². The number of hydrogen-bond donors (Lipinski definition) is 2. The summed E-state index contributed by atoms with van der Waals surface area (Å²) in [5, 5.41) is 12.6. The molecule has 0 spiro atoms. The second-order valence-electron chi connectivity index (χ2n) is 4.33. The Kier molecular flexibility index (Phi) is 5.83. The van der Waals surface area contributed by atoms with Crippen molar-refractivity contribution in [3.63, 3.8) is 0 Å². The third-order valence-corrected chi connectivity index (χ3v) is 2.65. The van der Waals surface area contributed by atoms with Crippen molar-refractivity contribution in [2.45, 2.75) is 46.3 Å². The number of nitrogens with one attached hydrogen (secondary N) is 1. The van der Waals surface area contributed by atoms with Gasteiger partial charge < -0.3 is 15.2 Å². The molecule has 0 rings (SSSR count). The highest BCUT2D eigenvalue weighted by molar-refractivity contribution is 5.80. The largest absolute Gasteiger partial charge is 0.388 e. The van der Waals surface area contributed by atoms with Crippen LogP contribution in [0.15, 0.2) is 0 Å². The average Bonchev–Trinajstić information content (AvgIpc) is 2.14. The minimum absolute atomic E-state index is 0.0974. The van der Waals surface area contributed by atoms with E-state index in [0.717, 1.165) is 0 Å². The van der Waals surface area contributed by atoms with Crippen molar-refractivity contribution in [3.05, 3.63) is 0 Å². The lowest BCUT2D eigenvalue weighted by Gasteiger charge is -2.28. The first-order chi connectivity index (χ1) is 6.81. The van der Waals surface area contributed by atoms with Gasteiger partial charge in [0.25, 0.3) is 0 Å². The summed E-state index contributed by atoms with van der Waals surface area (Å²) in [7, 11) is 0. The molecule has 0 saturated carbocycles. The van der Waals surface area contributed by atoms with E-state index in [4.69, 9.17) is 4.74 Å². The van der Waals surface area contributed by atoms with Gasteiger partial charge >= 0.3 is 0 Å². The van der Waals surface area contributed by atoms with Crippen LogP contribution in [0.3, 0.4) is 0 Å². The highest BCUT2D eigenvalue weighted by Crippen LogP contribution is 2.14. The zero-order valence-electron chi connectivity index (χ0n) is 10.3. The van der Waals surface area contributed by atoms with Gasteiger partial charge in [0.15, 0.2) is 0 Å². The normalized spacial score (nSPS) is 17.3. The molecule has 0 bridgehead atoms. The van der Waals surface area contributed by atoms with Crippen LogP contribution in [0.5, 0.6) is 0 Å². The summed E-state index contributed by atoms with van der Waals surface area (Å²) in [6, 6.07) is 0. The molecule has 0 radical (unpaired) electrons. The monoisotopic (exact) mass is 217 g/mol. The summed E-state index contributed by atoms with van der Waals surface area (Å²) in [6.07, 6.45) is -0.460. The van der Waals surface area contributed by atoms with Crippen LogP contribution in [0, 0.1) is 5.92 Å². The number of rotatable bonds is 6. The molecule has 0 heterocycles. The standard InChI is InChI=1S/C11H23NO3/c1-6-15-9(4)10(13)12-7-11(5,14)8(2)3/h8-9,14H,6-7H2,1-5H3,(H,12,13). The number of ether oxygens (including phenoxy) is 1. The second kappa shape index (κ2) is 6.08. The molecule has 2 N–H and O–H groups in total. The minimum Gasteiger partial charge on any atom is -0.388 e. The van der Waals surface area contributed by atoms with Crippen LogP contribution in [0.25, 0.3) is 0 Å².